The minimum absolute atomic E-state index is 0.0771. The van der Waals surface area contributed by atoms with E-state index in [1.807, 2.05) is 0 Å². The van der Waals surface area contributed by atoms with Crippen molar-refractivity contribution in [1.82, 2.24) is 5.32 Å². The molecule has 0 aliphatic carbocycles. The number of ether oxygens (including phenoxy) is 1. The van der Waals surface area contributed by atoms with E-state index in [1.54, 1.807) is 6.92 Å². The van der Waals surface area contributed by atoms with E-state index in [0.717, 1.165) is 24.3 Å². The van der Waals surface area contributed by atoms with Crippen molar-refractivity contribution in [3.05, 3.63) is 62.1 Å². The van der Waals surface area contributed by atoms with Gasteiger partial charge in [0.2, 0.25) is 11.5 Å². The lowest BCUT2D eigenvalue weighted by molar-refractivity contribution is -0.260. The van der Waals surface area contributed by atoms with Gasteiger partial charge in [-0.1, -0.05) is 40.9 Å². The van der Waals surface area contributed by atoms with Crippen LogP contribution in [0.3, 0.4) is 0 Å². The lowest BCUT2D eigenvalue weighted by atomic mass is 9.92. The maximum Gasteiger partial charge on any atom is 0.423 e. The van der Waals surface area contributed by atoms with Gasteiger partial charge >= 0.3 is 12.4 Å². The van der Waals surface area contributed by atoms with Gasteiger partial charge in [0.05, 0.1) is 39.7 Å². The van der Waals surface area contributed by atoms with Crippen molar-refractivity contribution in [3.8, 4) is 0 Å². The van der Waals surface area contributed by atoms with Crippen LogP contribution in [0.25, 0.3) is 0 Å². The summed E-state index contributed by atoms with van der Waals surface area (Å²) in [7, 11) is 1.38. The van der Waals surface area contributed by atoms with Crippen LogP contribution in [0.2, 0.25) is 15.1 Å². The van der Waals surface area contributed by atoms with Gasteiger partial charge in [-0.15, -0.1) is 0 Å². The maximum atomic E-state index is 13.8. The Bertz CT molecular complexity index is 1070. The topological polar surface area (TPSA) is 70.6 Å². The number of nitrogens with one attached hydrogen (secondary N) is 2. The predicted molar refractivity (Wildman–Crippen MR) is 124 cm³/mol. The molecule has 5 nitrogen and oxygen atoms in total. The number of hydrogen-bond acceptors (Lipinski definition) is 4. The fourth-order valence-corrected chi connectivity index (χ4v) is 3.70. The number of amides is 1. The first-order valence-corrected chi connectivity index (χ1v) is 11.3. The van der Waals surface area contributed by atoms with Crippen LogP contribution in [0.5, 0.6) is 0 Å². The molecule has 0 aliphatic heterocycles. The molecule has 0 heterocycles. The van der Waals surface area contributed by atoms with Crippen LogP contribution in [0, 0.1) is 0 Å². The van der Waals surface area contributed by atoms with Crippen LogP contribution in [-0.2, 0) is 27.9 Å². The number of methoxy groups -OCH3 is 1. The lowest BCUT2D eigenvalue weighted by Crippen LogP contribution is -2.47. The molecule has 2 rings (SSSR count). The van der Waals surface area contributed by atoms with E-state index in [0.29, 0.717) is 6.07 Å². The van der Waals surface area contributed by atoms with Gasteiger partial charge in [-0.25, -0.2) is 0 Å². The Balaban J connectivity index is 2.32. The second-order valence-electron chi connectivity index (χ2n) is 7.86. The quantitative estimate of drug-likeness (QED) is 0.232. The first-order valence-electron chi connectivity index (χ1n) is 10.2. The molecule has 0 saturated carbocycles. The first-order chi connectivity index (χ1) is 16.5. The molecule has 0 fully saturated rings. The molecule has 2 aromatic carbocycles. The summed E-state index contributed by atoms with van der Waals surface area (Å²) in [5.41, 5.74) is -6.19. The normalized spacial score (nSPS) is 14.8. The molecule has 14 heteroatoms. The van der Waals surface area contributed by atoms with Gasteiger partial charge in [0.25, 0.3) is 0 Å². The number of anilines is 1. The maximum absolute atomic E-state index is 13.8. The van der Waals surface area contributed by atoms with Crippen LogP contribution < -0.4 is 10.6 Å². The highest BCUT2D eigenvalue weighted by Gasteiger charge is 2.55. The average Bonchev–Trinajstić information content (AvgIpc) is 2.77. The monoisotopic (exact) mass is 580 g/mol. The van der Waals surface area contributed by atoms with E-state index in [-0.39, 0.29) is 32.7 Å². The fraction of sp³-hybridized carbons (Fsp3) is 0.409. The highest BCUT2D eigenvalue weighted by Crippen LogP contribution is 2.43. The molecule has 3 N–H and O–H groups in total. The summed E-state index contributed by atoms with van der Waals surface area (Å²) in [5, 5.41) is 14.1. The van der Waals surface area contributed by atoms with E-state index in [2.05, 4.69) is 10.6 Å². The average molecular weight is 582 g/mol. The number of aliphatic hydroxyl groups is 1. The van der Waals surface area contributed by atoms with Crippen molar-refractivity contribution in [1.29, 1.82) is 0 Å². The number of carbonyl (C=O) groups excluding carboxylic acids is 1. The standard InChI is InChI=1S/C22H21Cl3F6N2O3/c1-11(36-2)5-18(34)32-9-12-3-4-14(8-15(12)21(26,27)28)33-10-20(35,22(29,30)31)13-6-16(23)19(25)17(24)7-13/h3-4,6-8,11,33,35H,5,9-10H2,1-2H3,(H,32,34)/t11-,20-/m0/s1. The van der Waals surface area contributed by atoms with Crippen molar-refractivity contribution in [2.24, 2.45) is 0 Å². The first kappa shape index (κ1) is 30.3. The highest BCUT2D eigenvalue weighted by atomic mass is 35.5. The Morgan fingerprint density at radius 3 is 2.14 bits per heavy atom. The number of hydrogen-bond donors (Lipinski definition) is 3. The Labute approximate surface area is 217 Å². The largest absolute Gasteiger partial charge is 0.423 e. The highest BCUT2D eigenvalue weighted by molar-refractivity contribution is 6.48. The smallest absolute Gasteiger partial charge is 0.381 e. The minimum Gasteiger partial charge on any atom is -0.381 e. The lowest BCUT2D eigenvalue weighted by Gasteiger charge is -2.32. The Morgan fingerprint density at radius 1 is 1.06 bits per heavy atom. The molecule has 200 valence electrons. The van der Waals surface area contributed by atoms with E-state index < -0.39 is 54.2 Å². The van der Waals surface area contributed by atoms with Crippen LogP contribution >= 0.6 is 34.8 Å². The molecular weight excluding hydrogens is 561 g/mol. The Hall–Kier alpha value is -1.92. The number of carbonyl (C=O) groups is 1. The van der Waals surface area contributed by atoms with E-state index in [9.17, 15) is 36.2 Å². The molecular formula is C22H21Cl3F6N2O3. The molecule has 2 atom stereocenters. The van der Waals surface area contributed by atoms with Crippen LogP contribution in [0.4, 0.5) is 32.0 Å². The molecule has 0 saturated heterocycles. The summed E-state index contributed by atoms with van der Waals surface area (Å²) in [5.74, 6) is -0.546. The summed E-state index contributed by atoms with van der Waals surface area (Å²) in [6, 6.07) is 4.21. The zero-order valence-corrected chi connectivity index (χ0v) is 21.0. The molecule has 0 unspecified atom stereocenters. The van der Waals surface area contributed by atoms with Crippen LogP contribution in [0.15, 0.2) is 30.3 Å². The number of halogens is 9. The zero-order valence-electron chi connectivity index (χ0n) is 18.8. The molecule has 1 amide bonds. The van der Waals surface area contributed by atoms with Gasteiger partial charge in [-0.05, 0) is 42.3 Å². The van der Waals surface area contributed by atoms with Crippen molar-refractivity contribution in [2.75, 3.05) is 19.0 Å². The molecule has 0 aromatic heterocycles. The van der Waals surface area contributed by atoms with Crippen molar-refractivity contribution in [2.45, 2.75) is 43.9 Å². The van der Waals surface area contributed by atoms with Crippen LogP contribution in [-0.4, -0.2) is 36.9 Å². The van der Waals surface area contributed by atoms with E-state index >= 15 is 0 Å². The van der Waals surface area contributed by atoms with Crippen molar-refractivity contribution < 1.29 is 41.0 Å². The fourth-order valence-electron chi connectivity index (χ4n) is 3.11. The van der Waals surface area contributed by atoms with Gasteiger partial charge in [0.1, 0.15) is 0 Å². The number of alkyl halides is 6. The third-order valence-electron chi connectivity index (χ3n) is 5.25. The van der Waals surface area contributed by atoms with Crippen LogP contribution in [0.1, 0.15) is 30.0 Å². The Morgan fingerprint density at radius 2 is 1.64 bits per heavy atom. The molecule has 2 aromatic rings. The molecule has 0 bridgehead atoms. The molecule has 36 heavy (non-hydrogen) atoms. The second kappa shape index (κ2) is 11.6. The van der Waals surface area contributed by atoms with Gasteiger partial charge < -0.3 is 20.5 Å². The molecule has 0 spiro atoms. The summed E-state index contributed by atoms with van der Waals surface area (Å²) >= 11 is 17.3. The third-order valence-corrected chi connectivity index (χ3v) is 6.44. The predicted octanol–water partition coefficient (Wildman–Crippen LogP) is 6.57. The zero-order chi connectivity index (χ0) is 27.5. The van der Waals surface area contributed by atoms with E-state index in [1.165, 1.54) is 7.11 Å². The van der Waals surface area contributed by atoms with Crippen molar-refractivity contribution >= 4 is 46.4 Å². The minimum atomic E-state index is -5.27. The number of rotatable bonds is 9. The van der Waals surface area contributed by atoms with E-state index in [4.69, 9.17) is 39.5 Å². The summed E-state index contributed by atoms with van der Waals surface area (Å²) in [6.07, 6.45) is -10.7. The van der Waals surface area contributed by atoms with Gasteiger partial charge in [0.15, 0.2) is 0 Å². The number of benzene rings is 2. The third kappa shape index (κ3) is 7.32. The molecule has 0 aliphatic rings. The summed E-state index contributed by atoms with van der Waals surface area (Å²) in [6.45, 7) is -0.138. The summed E-state index contributed by atoms with van der Waals surface area (Å²) in [4.78, 5) is 11.9. The van der Waals surface area contributed by atoms with Crippen molar-refractivity contribution in [3.63, 3.8) is 0 Å². The second-order valence-corrected chi connectivity index (χ2v) is 9.05. The van der Waals surface area contributed by atoms with Gasteiger partial charge in [-0.3, -0.25) is 4.79 Å². The summed E-state index contributed by atoms with van der Waals surface area (Å²) < 4.78 is 87.4. The van der Waals surface area contributed by atoms with Gasteiger partial charge in [0, 0.05) is 19.3 Å². The van der Waals surface area contributed by atoms with Gasteiger partial charge in [-0.2, -0.15) is 26.3 Å². The Kier molecular flexibility index (Phi) is 9.80. The molecule has 0 radical (unpaired) electrons. The SMILES string of the molecule is CO[C@@H](C)CC(=O)NCc1ccc(NC[C@](O)(c2cc(Cl)c(Cl)c(Cl)c2)C(F)(F)F)cc1C(F)(F)F.